The van der Waals surface area contributed by atoms with Crippen LogP contribution in [0, 0.1) is 11.6 Å². The molecule has 13 heavy (non-hydrogen) atoms. The number of hydrogen-bond acceptors (Lipinski definition) is 2. The SMILES string of the molecule is NC[C@H](O)Cc1ccc(F)cc1F. The fourth-order valence-electron chi connectivity index (χ4n) is 1.02. The molecule has 4 heteroatoms. The molecular formula is C9H11F2NO. The molecule has 1 aromatic rings. The Labute approximate surface area is 75.0 Å². The van der Waals surface area contributed by atoms with Crippen LogP contribution >= 0.6 is 0 Å². The molecule has 72 valence electrons. The van der Waals surface area contributed by atoms with Crippen molar-refractivity contribution >= 4 is 0 Å². The first-order valence-corrected chi connectivity index (χ1v) is 3.95. The van der Waals surface area contributed by atoms with E-state index >= 15 is 0 Å². The van der Waals surface area contributed by atoms with Gasteiger partial charge < -0.3 is 10.8 Å². The van der Waals surface area contributed by atoms with Gasteiger partial charge in [0.05, 0.1) is 6.10 Å². The quantitative estimate of drug-likeness (QED) is 0.736. The molecule has 0 fully saturated rings. The van der Waals surface area contributed by atoms with Gasteiger partial charge in [-0.1, -0.05) is 6.07 Å². The minimum atomic E-state index is -0.778. The molecule has 0 aliphatic heterocycles. The van der Waals surface area contributed by atoms with E-state index in [0.717, 1.165) is 12.1 Å². The summed E-state index contributed by atoms with van der Waals surface area (Å²) in [5, 5.41) is 9.12. The highest BCUT2D eigenvalue weighted by Crippen LogP contribution is 2.11. The van der Waals surface area contributed by atoms with E-state index in [0.29, 0.717) is 0 Å². The Morgan fingerprint density at radius 1 is 1.38 bits per heavy atom. The van der Waals surface area contributed by atoms with Gasteiger partial charge in [0.25, 0.3) is 0 Å². The number of nitrogens with two attached hydrogens (primary N) is 1. The second-order valence-electron chi connectivity index (χ2n) is 2.83. The summed E-state index contributed by atoms with van der Waals surface area (Å²) in [4.78, 5) is 0. The zero-order valence-corrected chi connectivity index (χ0v) is 7.00. The summed E-state index contributed by atoms with van der Waals surface area (Å²) in [6.45, 7) is 0.0663. The van der Waals surface area contributed by atoms with Crippen molar-refractivity contribution in [3.63, 3.8) is 0 Å². The van der Waals surface area contributed by atoms with Crippen molar-refractivity contribution < 1.29 is 13.9 Å². The predicted molar refractivity (Wildman–Crippen MR) is 45.1 cm³/mol. The van der Waals surface area contributed by atoms with E-state index in [-0.39, 0.29) is 18.5 Å². The molecule has 3 N–H and O–H groups in total. The van der Waals surface area contributed by atoms with Crippen LogP contribution in [0.25, 0.3) is 0 Å². The number of rotatable bonds is 3. The molecule has 1 rings (SSSR count). The summed E-state index contributed by atoms with van der Waals surface area (Å²) in [5.41, 5.74) is 5.43. The molecular weight excluding hydrogens is 176 g/mol. The van der Waals surface area contributed by atoms with Gasteiger partial charge in [0, 0.05) is 19.0 Å². The summed E-state index contributed by atoms with van der Waals surface area (Å²) < 4.78 is 25.4. The highest BCUT2D eigenvalue weighted by molar-refractivity contribution is 5.19. The van der Waals surface area contributed by atoms with Crippen LogP contribution in [-0.4, -0.2) is 17.8 Å². The van der Waals surface area contributed by atoms with Gasteiger partial charge in [-0.05, 0) is 11.6 Å². The smallest absolute Gasteiger partial charge is 0.129 e. The van der Waals surface area contributed by atoms with Crippen molar-refractivity contribution in [1.82, 2.24) is 0 Å². The van der Waals surface area contributed by atoms with Gasteiger partial charge >= 0.3 is 0 Å². The molecule has 0 saturated carbocycles. The highest BCUT2D eigenvalue weighted by atomic mass is 19.1. The zero-order valence-electron chi connectivity index (χ0n) is 7.00. The average molecular weight is 187 g/mol. The van der Waals surface area contributed by atoms with Gasteiger partial charge in [-0.3, -0.25) is 0 Å². The van der Waals surface area contributed by atoms with E-state index in [1.807, 2.05) is 0 Å². The second-order valence-corrected chi connectivity index (χ2v) is 2.83. The maximum Gasteiger partial charge on any atom is 0.129 e. The normalized spacial score (nSPS) is 12.9. The Hall–Kier alpha value is -1.00. The first-order valence-electron chi connectivity index (χ1n) is 3.95. The first-order chi connectivity index (χ1) is 6.13. The van der Waals surface area contributed by atoms with Crippen molar-refractivity contribution in [1.29, 1.82) is 0 Å². The van der Waals surface area contributed by atoms with E-state index in [4.69, 9.17) is 10.8 Å². The maximum atomic E-state index is 13.0. The summed E-state index contributed by atoms with van der Waals surface area (Å²) in [7, 11) is 0. The largest absolute Gasteiger partial charge is 0.391 e. The molecule has 1 aromatic carbocycles. The van der Waals surface area contributed by atoms with E-state index in [1.54, 1.807) is 0 Å². The topological polar surface area (TPSA) is 46.2 Å². The van der Waals surface area contributed by atoms with Crippen molar-refractivity contribution in [2.24, 2.45) is 5.73 Å². The second kappa shape index (κ2) is 4.30. The lowest BCUT2D eigenvalue weighted by Crippen LogP contribution is -2.22. The minimum absolute atomic E-state index is 0.0663. The van der Waals surface area contributed by atoms with Gasteiger partial charge in [0.1, 0.15) is 11.6 Å². The third-order valence-corrected chi connectivity index (χ3v) is 1.74. The third kappa shape index (κ3) is 2.75. The van der Waals surface area contributed by atoms with Crippen molar-refractivity contribution in [2.45, 2.75) is 12.5 Å². The lowest BCUT2D eigenvalue weighted by atomic mass is 10.1. The standard InChI is InChI=1S/C9H11F2NO/c10-7-2-1-6(9(11)4-7)3-8(13)5-12/h1-2,4,8,13H,3,5,12H2/t8-/m1/s1. The van der Waals surface area contributed by atoms with Gasteiger partial charge in [-0.25, -0.2) is 8.78 Å². The van der Waals surface area contributed by atoms with Crippen LogP contribution in [0.15, 0.2) is 18.2 Å². The van der Waals surface area contributed by atoms with E-state index < -0.39 is 17.7 Å². The highest BCUT2D eigenvalue weighted by Gasteiger charge is 2.08. The number of aliphatic hydroxyl groups is 1. The maximum absolute atomic E-state index is 13.0. The van der Waals surface area contributed by atoms with Crippen LogP contribution in [0.1, 0.15) is 5.56 Å². The van der Waals surface area contributed by atoms with Gasteiger partial charge in [0.15, 0.2) is 0 Å². The Morgan fingerprint density at radius 3 is 2.62 bits per heavy atom. The molecule has 0 bridgehead atoms. The first kappa shape index (κ1) is 10.1. The van der Waals surface area contributed by atoms with E-state index in [9.17, 15) is 8.78 Å². The molecule has 0 aliphatic carbocycles. The minimum Gasteiger partial charge on any atom is -0.391 e. The van der Waals surface area contributed by atoms with Crippen molar-refractivity contribution in [3.05, 3.63) is 35.4 Å². The van der Waals surface area contributed by atoms with Crippen LogP contribution in [0.4, 0.5) is 8.78 Å². The molecule has 0 unspecified atom stereocenters. The van der Waals surface area contributed by atoms with Gasteiger partial charge in [-0.15, -0.1) is 0 Å². The summed E-state index contributed by atoms with van der Waals surface area (Å²) in [5.74, 6) is -1.27. The Morgan fingerprint density at radius 2 is 2.08 bits per heavy atom. The van der Waals surface area contributed by atoms with Crippen LogP contribution in [-0.2, 0) is 6.42 Å². The molecule has 1 atom stereocenters. The number of benzene rings is 1. The molecule has 0 aromatic heterocycles. The predicted octanol–water partition coefficient (Wildman–Crippen LogP) is 0.827. The number of aliphatic hydroxyl groups excluding tert-OH is 1. The number of halogens is 2. The van der Waals surface area contributed by atoms with Gasteiger partial charge in [-0.2, -0.15) is 0 Å². The summed E-state index contributed by atoms with van der Waals surface area (Å²) in [6, 6.07) is 3.25. The van der Waals surface area contributed by atoms with Gasteiger partial charge in [0.2, 0.25) is 0 Å². The molecule has 2 nitrogen and oxygen atoms in total. The summed E-state index contributed by atoms with van der Waals surface area (Å²) in [6.07, 6.45) is -0.664. The Balaban J connectivity index is 2.77. The van der Waals surface area contributed by atoms with E-state index in [2.05, 4.69) is 0 Å². The summed E-state index contributed by atoms with van der Waals surface area (Å²) >= 11 is 0. The fourth-order valence-corrected chi connectivity index (χ4v) is 1.02. The Kier molecular flexibility index (Phi) is 3.33. The molecule has 0 aliphatic rings. The number of hydrogen-bond donors (Lipinski definition) is 2. The lowest BCUT2D eigenvalue weighted by molar-refractivity contribution is 0.182. The van der Waals surface area contributed by atoms with Crippen LogP contribution in [0.2, 0.25) is 0 Å². The Bertz CT molecular complexity index is 291. The molecule has 0 saturated heterocycles. The van der Waals surface area contributed by atoms with Crippen molar-refractivity contribution in [3.8, 4) is 0 Å². The fraction of sp³-hybridized carbons (Fsp3) is 0.333. The lowest BCUT2D eigenvalue weighted by Gasteiger charge is -2.07. The van der Waals surface area contributed by atoms with Crippen molar-refractivity contribution in [2.75, 3.05) is 6.54 Å². The van der Waals surface area contributed by atoms with E-state index in [1.165, 1.54) is 6.07 Å². The molecule has 0 spiro atoms. The molecule has 0 amide bonds. The molecule has 0 radical (unpaired) electrons. The average Bonchev–Trinajstić information content (AvgIpc) is 2.09. The zero-order chi connectivity index (χ0) is 9.84. The monoisotopic (exact) mass is 187 g/mol. The van der Waals surface area contributed by atoms with Crippen LogP contribution in [0.5, 0.6) is 0 Å². The third-order valence-electron chi connectivity index (χ3n) is 1.74. The molecule has 0 heterocycles. The van der Waals surface area contributed by atoms with Crippen LogP contribution < -0.4 is 5.73 Å². The van der Waals surface area contributed by atoms with Crippen LogP contribution in [0.3, 0.4) is 0 Å².